The van der Waals surface area contributed by atoms with Gasteiger partial charge >= 0.3 is 7.60 Å². The molecule has 0 fully saturated rings. The second-order valence-corrected chi connectivity index (χ2v) is 4.38. The highest BCUT2D eigenvalue weighted by atomic mass is 31.2. The fourth-order valence-electron chi connectivity index (χ4n) is 1.14. The van der Waals surface area contributed by atoms with Crippen molar-refractivity contribution in [3.63, 3.8) is 0 Å². The highest BCUT2D eigenvalue weighted by molar-refractivity contribution is 7.70. The Morgan fingerprint density at radius 1 is 1.38 bits per heavy atom. The zero-order valence-electron chi connectivity index (χ0n) is 7.86. The normalized spacial score (nSPS) is 11.8. The third-order valence-electron chi connectivity index (χ3n) is 2.02. The van der Waals surface area contributed by atoms with E-state index in [0.29, 0.717) is 12.8 Å². The Morgan fingerprint density at radius 3 is 2.00 bits per heavy atom. The molecule has 0 saturated carbocycles. The molecule has 0 aromatic rings. The monoisotopic (exact) mass is 206 g/mol. The van der Waals surface area contributed by atoms with Gasteiger partial charge in [0, 0.05) is 5.57 Å². The van der Waals surface area contributed by atoms with Crippen LogP contribution in [0.5, 0.6) is 0 Å². The Balaban J connectivity index is 4.61. The summed E-state index contributed by atoms with van der Waals surface area (Å²) in [6.45, 7) is 7.13. The fourth-order valence-corrected chi connectivity index (χ4v) is 1.70. The van der Waals surface area contributed by atoms with Gasteiger partial charge in [-0.1, -0.05) is 20.4 Å². The fraction of sp³-hybridized carbons (Fsp3) is 0.625. The number of rotatable bonds is 5. The van der Waals surface area contributed by atoms with Gasteiger partial charge in [-0.25, -0.2) is 0 Å². The number of carbonyl (C=O) groups excluding carboxylic acids is 1. The van der Waals surface area contributed by atoms with Crippen LogP contribution in [0.15, 0.2) is 12.2 Å². The summed E-state index contributed by atoms with van der Waals surface area (Å²) in [6, 6.07) is 0. The second kappa shape index (κ2) is 4.70. The number of carbonyl (C=O) groups is 1. The van der Waals surface area contributed by atoms with Crippen LogP contribution in [0.3, 0.4) is 0 Å². The maximum Gasteiger partial charge on any atom is 0.396 e. The molecular weight excluding hydrogens is 191 g/mol. The standard InChI is InChI=1S/C8H15O4P/c1-4-7(5-2)6(3)8(9)13(10,11)12/h7H,3-5H2,1-2H3,(H2,10,11,12). The summed E-state index contributed by atoms with van der Waals surface area (Å²) in [4.78, 5) is 28.3. The van der Waals surface area contributed by atoms with Crippen molar-refractivity contribution in [2.45, 2.75) is 26.7 Å². The minimum atomic E-state index is -4.63. The molecule has 13 heavy (non-hydrogen) atoms. The molecule has 4 nitrogen and oxygen atoms in total. The zero-order valence-corrected chi connectivity index (χ0v) is 8.75. The van der Waals surface area contributed by atoms with Crippen LogP contribution in [0.2, 0.25) is 0 Å². The average Bonchev–Trinajstić information content (AvgIpc) is 2.03. The molecule has 0 aliphatic heterocycles. The van der Waals surface area contributed by atoms with Crippen molar-refractivity contribution in [2.75, 3.05) is 0 Å². The average molecular weight is 206 g/mol. The largest absolute Gasteiger partial charge is 0.396 e. The minimum Gasteiger partial charge on any atom is -0.319 e. The molecule has 0 spiro atoms. The number of hydrogen-bond donors (Lipinski definition) is 2. The third-order valence-corrected chi connectivity index (χ3v) is 2.83. The summed E-state index contributed by atoms with van der Waals surface area (Å²) in [5.74, 6) is -0.125. The van der Waals surface area contributed by atoms with E-state index in [1.54, 1.807) is 0 Å². The van der Waals surface area contributed by atoms with Crippen molar-refractivity contribution in [3.05, 3.63) is 12.2 Å². The van der Waals surface area contributed by atoms with Crippen LogP contribution in [0.25, 0.3) is 0 Å². The van der Waals surface area contributed by atoms with Gasteiger partial charge in [0.15, 0.2) is 0 Å². The van der Waals surface area contributed by atoms with Crippen molar-refractivity contribution in [1.82, 2.24) is 0 Å². The van der Waals surface area contributed by atoms with E-state index in [4.69, 9.17) is 9.79 Å². The van der Waals surface area contributed by atoms with Gasteiger partial charge in [0.05, 0.1) is 0 Å². The zero-order chi connectivity index (χ0) is 10.6. The second-order valence-electron chi connectivity index (χ2n) is 2.89. The van der Waals surface area contributed by atoms with Crippen LogP contribution in [-0.4, -0.2) is 15.3 Å². The Morgan fingerprint density at radius 2 is 1.77 bits per heavy atom. The van der Waals surface area contributed by atoms with Gasteiger partial charge in [-0.3, -0.25) is 9.36 Å². The molecule has 76 valence electrons. The molecule has 0 heterocycles. The van der Waals surface area contributed by atoms with Crippen molar-refractivity contribution < 1.29 is 19.1 Å². The van der Waals surface area contributed by atoms with Crippen LogP contribution < -0.4 is 0 Å². The van der Waals surface area contributed by atoms with E-state index in [-0.39, 0.29) is 11.5 Å². The molecule has 0 aliphatic rings. The Kier molecular flexibility index (Phi) is 4.54. The van der Waals surface area contributed by atoms with Gasteiger partial charge in [-0.15, -0.1) is 0 Å². The summed E-state index contributed by atoms with van der Waals surface area (Å²) in [5.41, 5.74) is -1.08. The molecular formula is C8H15O4P. The third kappa shape index (κ3) is 3.43. The molecule has 5 heteroatoms. The molecule has 0 aromatic heterocycles. The first kappa shape index (κ1) is 12.6. The van der Waals surface area contributed by atoms with E-state index in [1.807, 2.05) is 13.8 Å². The Labute approximate surface area is 77.8 Å². The first-order chi connectivity index (χ1) is 5.84. The van der Waals surface area contributed by atoms with Crippen LogP contribution in [0.4, 0.5) is 0 Å². The first-order valence-electron chi connectivity index (χ1n) is 4.13. The maximum absolute atomic E-state index is 11.1. The minimum absolute atomic E-state index is 0.0401. The summed E-state index contributed by atoms with van der Waals surface area (Å²) >= 11 is 0. The van der Waals surface area contributed by atoms with Gasteiger partial charge < -0.3 is 9.79 Å². The molecule has 0 amide bonds. The molecule has 0 atom stereocenters. The van der Waals surface area contributed by atoms with Gasteiger partial charge in [0.1, 0.15) is 0 Å². The molecule has 0 bridgehead atoms. The van der Waals surface area contributed by atoms with Crippen LogP contribution in [0.1, 0.15) is 26.7 Å². The smallest absolute Gasteiger partial charge is 0.319 e. The van der Waals surface area contributed by atoms with E-state index < -0.39 is 13.1 Å². The molecule has 0 saturated heterocycles. The summed E-state index contributed by atoms with van der Waals surface area (Å²) in [7, 11) is -4.63. The van der Waals surface area contributed by atoms with E-state index in [0.717, 1.165) is 0 Å². The lowest BCUT2D eigenvalue weighted by molar-refractivity contribution is -0.110. The lowest BCUT2D eigenvalue weighted by atomic mass is 9.96. The highest BCUT2D eigenvalue weighted by Crippen LogP contribution is 2.40. The van der Waals surface area contributed by atoms with E-state index >= 15 is 0 Å². The first-order valence-corrected chi connectivity index (χ1v) is 5.75. The predicted molar refractivity (Wildman–Crippen MR) is 50.3 cm³/mol. The summed E-state index contributed by atoms with van der Waals surface area (Å²) in [5, 5.41) is 0. The van der Waals surface area contributed by atoms with E-state index in [9.17, 15) is 9.36 Å². The highest BCUT2D eigenvalue weighted by Gasteiger charge is 2.30. The molecule has 0 rings (SSSR count). The van der Waals surface area contributed by atoms with Crippen LogP contribution >= 0.6 is 7.60 Å². The van der Waals surface area contributed by atoms with Gasteiger partial charge in [0.25, 0.3) is 5.52 Å². The summed E-state index contributed by atoms with van der Waals surface area (Å²) < 4.78 is 10.6. The number of hydrogen-bond acceptors (Lipinski definition) is 2. The van der Waals surface area contributed by atoms with Crippen molar-refractivity contribution in [2.24, 2.45) is 5.92 Å². The Hall–Kier alpha value is -0.440. The quantitative estimate of drug-likeness (QED) is 0.530. The lowest BCUT2D eigenvalue weighted by Gasteiger charge is -2.14. The van der Waals surface area contributed by atoms with Crippen molar-refractivity contribution >= 4 is 13.1 Å². The predicted octanol–water partition coefficient (Wildman–Crippen LogP) is 1.68. The topological polar surface area (TPSA) is 74.6 Å². The van der Waals surface area contributed by atoms with E-state index in [1.165, 1.54) is 0 Å². The molecule has 2 N–H and O–H groups in total. The summed E-state index contributed by atoms with van der Waals surface area (Å²) in [6.07, 6.45) is 1.34. The Bertz CT molecular complexity index is 249. The van der Waals surface area contributed by atoms with Gasteiger partial charge in [0.2, 0.25) is 0 Å². The number of allylic oxidation sites excluding steroid dienone is 1. The molecule has 0 unspecified atom stereocenters. The van der Waals surface area contributed by atoms with Crippen LogP contribution in [-0.2, 0) is 9.36 Å². The van der Waals surface area contributed by atoms with Crippen LogP contribution in [0, 0.1) is 5.92 Å². The molecule has 0 aromatic carbocycles. The maximum atomic E-state index is 11.1. The molecule has 0 radical (unpaired) electrons. The van der Waals surface area contributed by atoms with Gasteiger partial charge in [-0.05, 0) is 18.8 Å². The van der Waals surface area contributed by atoms with E-state index in [2.05, 4.69) is 6.58 Å². The SMILES string of the molecule is C=C(C(=O)P(=O)(O)O)C(CC)CC. The lowest BCUT2D eigenvalue weighted by Crippen LogP contribution is -2.11. The molecule has 0 aliphatic carbocycles. The van der Waals surface area contributed by atoms with Gasteiger partial charge in [-0.2, -0.15) is 0 Å². The van der Waals surface area contributed by atoms with Crippen molar-refractivity contribution in [3.8, 4) is 0 Å². The van der Waals surface area contributed by atoms with Crippen molar-refractivity contribution in [1.29, 1.82) is 0 Å².